The van der Waals surface area contributed by atoms with Crippen LogP contribution < -0.4 is 4.90 Å². The van der Waals surface area contributed by atoms with Crippen molar-refractivity contribution in [2.75, 3.05) is 44.8 Å². The molecule has 0 unspecified atom stereocenters. The average Bonchev–Trinajstić information content (AvgIpc) is 3.22. The lowest BCUT2D eigenvalue weighted by molar-refractivity contribution is 0.0299. The molecule has 4 rings (SSSR count). The monoisotopic (exact) mass is 312 g/mol. The van der Waals surface area contributed by atoms with Crippen LogP contribution in [-0.2, 0) is 11.2 Å². The molecule has 1 amide bonds. The Balaban J connectivity index is 1.57. The number of carbonyl (C=O) groups excluding carboxylic acids is 1. The molecule has 0 bridgehead atoms. The summed E-state index contributed by atoms with van der Waals surface area (Å²) >= 11 is 0. The van der Waals surface area contributed by atoms with E-state index in [2.05, 4.69) is 28.0 Å². The largest absolute Gasteiger partial charge is 0.378 e. The van der Waals surface area contributed by atoms with Gasteiger partial charge in [0.15, 0.2) is 0 Å². The molecule has 0 aliphatic carbocycles. The summed E-state index contributed by atoms with van der Waals surface area (Å²) in [6, 6.07) is 4.10. The third-order valence-corrected chi connectivity index (χ3v) is 4.57. The van der Waals surface area contributed by atoms with E-state index in [0.717, 1.165) is 29.9 Å². The molecular weight excluding hydrogens is 292 g/mol. The molecule has 4 heterocycles. The maximum Gasteiger partial charge on any atom is 0.270 e. The van der Waals surface area contributed by atoms with Gasteiger partial charge in [-0.2, -0.15) is 0 Å². The second-order valence-electron chi connectivity index (χ2n) is 6.08. The summed E-state index contributed by atoms with van der Waals surface area (Å²) in [5.74, 6) is 1.10. The van der Waals surface area contributed by atoms with Crippen LogP contribution in [-0.4, -0.2) is 60.7 Å². The predicted molar refractivity (Wildman–Crippen MR) is 87.7 cm³/mol. The number of nitrogens with one attached hydrogen (secondary N) is 1. The van der Waals surface area contributed by atoms with Gasteiger partial charge >= 0.3 is 0 Å². The number of hydrogen-bond acceptors (Lipinski definition) is 4. The molecule has 0 spiro atoms. The Bertz CT molecular complexity index is 734. The molecule has 0 radical (unpaired) electrons. The summed E-state index contributed by atoms with van der Waals surface area (Å²) in [7, 11) is 2.06. The van der Waals surface area contributed by atoms with E-state index in [1.165, 1.54) is 5.56 Å². The SMILES string of the molecule is CN1CCc2cc(-c3c[nH]c(C(=O)N4CCOCC4)c3)cnc21. The normalized spacial score (nSPS) is 17.4. The molecule has 120 valence electrons. The van der Waals surface area contributed by atoms with Crippen molar-refractivity contribution >= 4 is 11.7 Å². The standard InChI is InChI=1S/C17H20N4O2/c1-20-3-2-12-8-13(11-19-16(12)20)14-9-15(18-10-14)17(22)21-4-6-23-7-5-21/h8-11,18H,2-7H2,1H3. The number of nitrogens with zero attached hydrogens (tertiary/aromatic N) is 3. The van der Waals surface area contributed by atoms with Crippen molar-refractivity contribution in [1.82, 2.24) is 14.9 Å². The minimum absolute atomic E-state index is 0.0356. The smallest absolute Gasteiger partial charge is 0.270 e. The lowest BCUT2D eigenvalue weighted by Crippen LogP contribution is -2.40. The fourth-order valence-corrected chi connectivity index (χ4v) is 3.20. The molecule has 2 aliphatic rings. The van der Waals surface area contributed by atoms with Crippen LogP contribution in [0.3, 0.4) is 0 Å². The molecular formula is C17H20N4O2. The van der Waals surface area contributed by atoms with Crippen LogP contribution in [0.15, 0.2) is 24.5 Å². The van der Waals surface area contributed by atoms with Crippen molar-refractivity contribution in [3.8, 4) is 11.1 Å². The Morgan fingerprint density at radius 1 is 1.22 bits per heavy atom. The van der Waals surface area contributed by atoms with Crippen molar-refractivity contribution in [3.63, 3.8) is 0 Å². The van der Waals surface area contributed by atoms with Crippen molar-refractivity contribution in [2.45, 2.75) is 6.42 Å². The first-order valence-corrected chi connectivity index (χ1v) is 7.98. The highest BCUT2D eigenvalue weighted by molar-refractivity contribution is 5.94. The Morgan fingerprint density at radius 3 is 2.87 bits per heavy atom. The number of pyridine rings is 1. The van der Waals surface area contributed by atoms with Gasteiger partial charge < -0.3 is 19.5 Å². The molecule has 1 saturated heterocycles. The molecule has 0 saturated carbocycles. The minimum Gasteiger partial charge on any atom is -0.378 e. The zero-order chi connectivity index (χ0) is 15.8. The number of aromatic nitrogens is 2. The molecule has 1 N–H and O–H groups in total. The van der Waals surface area contributed by atoms with Crippen LogP contribution in [0, 0.1) is 0 Å². The number of likely N-dealkylation sites (N-methyl/N-ethyl adjacent to an activating group) is 1. The maximum absolute atomic E-state index is 12.5. The summed E-state index contributed by atoms with van der Waals surface area (Å²) in [6.45, 7) is 3.54. The molecule has 6 heteroatoms. The summed E-state index contributed by atoms with van der Waals surface area (Å²) < 4.78 is 5.30. The number of carbonyl (C=O) groups is 1. The van der Waals surface area contributed by atoms with Crippen LogP contribution in [0.4, 0.5) is 5.82 Å². The lowest BCUT2D eigenvalue weighted by Gasteiger charge is -2.26. The number of aromatic amines is 1. The van der Waals surface area contributed by atoms with Gasteiger partial charge in [-0.3, -0.25) is 4.79 Å². The number of H-pyrrole nitrogens is 1. The second-order valence-corrected chi connectivity index (χ2v) is 6.08. The fourth-order valence-electron chi connectivity index (χ4n) is 3.20. The first-order valence-electron chi connectivity index (χ1n) is 7.98. The van der Waals surface area contributed by atoms with E-state index in [0.29, 0.717) is 32.0 Å². The Hall–Kier alpha value is -2.34. The quantitative estimate of drug-likeness (QED) is 0.914. The third kappa shape index (κ3) is 2.59. The molecule has 0 atom stereocenters. The summed E-state index contributed by atoms with van der Waals surface area (Å²) in [5, 5.41) is 0. The number of anilines is 1. The van der Waals surface area contributed by atoms with Crippen molar-refractivity contribution in [2.24, 2.45) is 0 Å². The number of hydrogen-bond donors (Lipinski definition) is 1. The molecule has 23 heavy (non-hydrogen) atoms. The van der Waals surface area contributed by atoms with E-state index >= 15 is 0 Å². The van der Waals surface area contributed by atoms with E-state index in [1.54, 1.807) is 0 Å². The number of amides is 1. The molecule has 6 nitrogen and oxygen atoms in total. The molecule has 1 fully saturated rings. The third-order valence-electron chi connectivity index (χ3n) is 4.57. The highest BCUT2D eigenvalue weighted by atomic mass is 16.5. The maximum atomic E-state index is 12.5. The second kappa shape index (κ2) is 5.70. The highest BCUT2D eigenvalue weighted by Gasteiger charge is 2.21. The fraction of sp³-hybridized carbons (Fsp3) is 0.412. The van der Waals surface area contributed by atoms with Crippen LogP contribution in [0.2, 0.25) is 0 Å². The van der Waals surface area contributed by atoms with Gasteiger partial charge in [-0.05, 0) is 24.1 Å². The lowest BCUT2D eigenvalue weighted by atomic mass is 10.1. The van der Waals surface area contributed by atoms with Gasteiger partial charge in [-0.1, -0.05) is 0 Å². The van der Waals surface area contributed by atoms with Crippen molar-refractivity contribution < 1.29 is 9.53 Å². The van der Waals surface area contributed by atoms with E-state index in [9.17, 15) is 4.79 Å². The van der Waals surface area contributed by atoms with Crippen LogP contribution >= 0.6 is 0 Å². The van der Waals surface area contributed by atoms with Gasteiger partial charge in [-0.15, -0.1) is 0 Å². The zero-order valence-corrected chi connectivity index (χ0v) is 13.2. The van der Waals surface area contributed by atoms with E-state index in [1.807, 2.05) is 23.4 Å². The zero-order valence-electron chi connectivity index (χ0n) is 13.2. The first-order chi connectivity index (χ1) is 11.2. The number of fused-ring (bicyclic) bond motifs is 1. The average molecular weight is 312 g/mol. The van der Waals surface area contributed by atoms with Gasteiger partial charge in [0, 0.05) is 50.2 Å². The van der Waals surface area contributed by atoms with Gasteiger partial charge in [0.2, 0.25) is 0 Å². The van der Waals surface area contributed by atoms with Crippen LogP contribution in [0.1, 0.15) is 16.1 Å². The molecule has 2 aromatic rings. The van der Waals surface area contributed by atoms with Gasteiger partial charge in [0.1, 0.15) is 11.5 Å². The van der Waals surface area contributed by atoms with E-state index < -0.39 is 0 Å². The van der Waals surface area contributed by atoms with Crippen molar-refractivity contribution in [1.29, 1.82) is 0 Å². The number of morpholine rings is 1. The van der Waals surface area contributed by atoms with E-state index in [4.69, 9.17) is 4.74 Å². The van der Waals surface area contributed by atoms with Crippen LogP contribution in [0.5, 0.6) is 0 Å². The summed E-state index contributed by atoms with van der Waals surface area (Å²) in [4.78, 5) is 24.2. The molecule has 0 aromatic carbocycles. The number of rotatable bonds is 2. The van der Waals surface area contributed by atoms with Crippen LogP contribution in [0.25, 0.3) is 11.1 Å². The number of ether oxygens (including phenoxy) is 1. The topological polar surface area (TPSA) is 61.5 Å². The predicted octanol–water partition coefficient (Wildman–Crippen LogP) is 1.54. The van der Waals surface area contributed by atoms with Gasteiger partial charge in [0.05, 0.1) is 13.2 Å². The van der Waals surface area contributed by atoms with Gasteiger partial charge in [0.25, 0.3) is 5.91 Å². The Kier molecular flexibility index (Phi) is 3.53. The van der Waals surface area contributed by atoms with Gasteiger partial charge in [-0.25, -0.2) is 4.98 Å². The summed E-state index contributed by atoms with van der Waals surface area (Å²) in [5.41, 5.74) is 3.95. The Labute approximate surface area is 135 Å². The first kappa shape index (κ1) is 14.3. The molecule has 2 aliphatic heterocycles. The van der Waals surface area contributed by atoms with E-state index in [-0.39, 0.29) is 5.91 Å². The molecule has 2 aromatic heterocycles. The Morgan fingerprint density at radius 2 is 2.04 bits per heavy atom. The van der Waals surface area contributed by atoms with Crippen molar-refractivity contribution in [3.05, 3.63) is 35.8 Å². The minimum atomic E-state index is 0.0356. The summed E-state index contributed by atoms with van der Waals surface area (Å²) in [6.07, 6.45) is 4.79. The highest BCUT2D eigenvalue weighted by Crippen LogP contribution is 2.29.